The number of carbonyl (C=O) groups is 2. The van der Waals surface area contributed by atoms with Crippen LogP contribution in [0.3, 0.4) is 0 Å². The van der Waals surface area contributed by atoms with Crippen molar-refractivity contribution >= 4 is 41.1 Å². The Labute approximate surface area is 168 Å². The number of aromatic nitrogens is 1. The Morgan fingerprint density at radius 2 is 2.18 bits per heavy atom. The standard InChI is InChI=1S/C18H12ClFN4O3S/c19-10-3-1-2-9(6-21)12(10)16-24(18(22)26)13-11(20)7-23-15(14(13)28-16)27-17(25)8-4-5-8/h1-3,7-8,16H,4-5H2,(H2,22,26). The van der Waals surface area contributed by atoms with Gasteiger partial charge in [-0.05, 0) is 25.0 Å². The van der Waals surface area contributed by atoms with E-state index in [9.17, 15) is 19.2 Å². The number of fused-ring (bicyclic) bond motifs is 1. The number of halogens is 2. The van der Waals surface area contributed by atoms with E-state index in [0.29, 0.717) is 5.56 Å². The number of nitrogens with two attached hydrogens (primary N) is 1. The van der Waals surface area contributed by atoms with Crippen molar-refractivity contribution in [2.75, 3.05) is 4.90 Å². The molecule has 2 aliphatic rings. The van der Waals surface area contributed by atoms with E-state index in [2.05, 4.69) is 4.98 Å². The molecule has 1 aromatic heterocycles. The number of rotatable bonds is 3. The number of amides is 2. The van der Waals surface area contributed by atoms with Crippen LogP contribution >= 0.6 is 23.4 Å². The normalized spacial score (nSPS) is 17.8. The van der Waals surface area contributed by atoms with Gasteiger partial charge in [-0.25, -0.2) is 14.2 Å². The minimum absolute atomic E-state index is 0.0994. The molecule has 142 valence electrons. The lowest BCUT2D eigenvalue weighted by molar-refractivity contribution is -0.136. The molecule has 0 spiro atoms. The first kappa shape index (κ1) is 18.5. The van der Waals surface area contributed by atoms with Crippen LogP contribution in [0.15, 0.2) is 29.3 Å². The number of urea groups is 1. The van der Waals surface area contributed by atoms with Crippen molar-refractivity contribution in [2.24, 2.45) is 11.7 Å². The molecule has 7 nitrogen and oxygen atoms in total. The first-order chi connectivity index (χ1) is 13.4. The lowest BCUT2D eigenvalue weighted by Crippen LogP contribution is -2.36. The molecule has 2 amide bonds. The Morgan fingerprint density at radius 1 is 1.43 bits per heavy atom. The van der Waals surface area contributed by atoms with Crippen molar-refractivity contribution in [3.05, 3.63) is 46.4 Å². The monoisotopic (exact) mass is 418 g/mol. The van der Waals surface area contributed by atoms with Gasteiger partial charge in [0.1, 0.15) is 11.1 Å². The van der Waals surface area contributed by atoms with Crippen molar-refractivity contribution in [2.45, 2.75) is 23.1 Å². The smallest absolute Gasteiger partial charge is 0.320 e. The maximum atomic E-state index is 14.6. The van der Waals surface area contributed by atoms with Crippen molar-refractivity contribution < 1.29 is 18.7 Å². The molecule has 0 radical (unpaired) electrons. The summed E-state index contributed by atoms with van der Waals surface area (Å²) >= 11 is 7.27. The second kappa shape index (κ2) is 6.96. The summed E-state index contributed by atoms with van der Waals surface area (Å²) in [5.74, 6) is -1.55. The van der Waals surface area contributed by atoms with E-state index in [1.165, 1.54) is 6.07 Å². The number of anilines is 1. The highest BCUT2D eigenvalue weighted by Crippen LogP contribution is 2.56. The molecule has 2 aromatic rings. The van der Waals surface area contributed by atoms with Crippen LogP contribution in [0.1, 0.15) is 29.3 Å². The quantitative estimate of drug-likeness (QED) is 0.760. The molecule has 1 atom stereocenters. The van der Waals surface area contributed by atoms with Crippen LogP contribution in [-0.4, -0.2) is 17.0 Å². The summed E-state index contributed by atoms with van der Waals surface area (Å²) in [6, 6.07) is 5.76. The molecule has 1 aliphatic carbocycles. The summed E-state index contributed by atoms with van der Waals surface area (Å²) in [4.78, 5) is 29.2. The van der Waals surface area contributed by atoms with E-state index >= 15 is 0 Å². The van der Waals surface area contributed by atoms with Crippen molar-refractivity contribution in [1.82, 2.24) is 4.98 Å². The van der Waals surface area contributed by atoms with Crippen LogP contribution in [-0.2, 0) is 4.79 Å². The SMILES string of the molecule is N#Cc1cccc(Cl)c1C1Sc2c(OC(=O)C3CC3)ncc(F)c2N1C(N)=O. The molecule has 2 heterocycles. The Balaban J connectivity index is 1.83. The fourth-order valence-corrected chi connectivity index (χ4v) is 4.68. The highest BCUT2D eigenvalue weighted by Gasteiger charge is 2.42. The maximum Gasteiger partial charge on any atom is 0.320 e. The third-order valence-corrected chi connectivity index (χ3v) is 6.00. The third kappa shape index (κ3) is 3.04. The highest BCUT2D eigenvalue weighted by atomic mass is 35.5. The fourth-order valence-electron chi connectivity index (χ4n) is 2.93. The topological polar surface area (TPSA) is 109 Å². The summed E-state index contributed by atoms with van der Waals surface area (Å²) in [5.41, 5.74) is 5.89. The van der Waals surface area contributed by atoms with Crippen molar-refractivity contribution in [3.63, 3.8) is 0 Å². The Bertz CT molecular complexity index is 1050. The molecule has 1 unspecified atom stereocenters. The number of carbonyl (C=O) groups excluding carboxylic acids is 2. The van der Waals surface area contributed by atoms with Gasteiger partial charge in [0.05, 0.1) is 28.6 Å². The molecular weight excluding hydrogens is 407 g/mol. The molecule has 2 N–H and O–H groups in total. The molecule has 1 aromatic carbocycles. The van der Waals surface area contributed by atoms with Crippen molar-refractivity contribution in [3.8, 4) is 11.9 Å². The van der Waals surface area contributed by atoms with Crippen molar-refractivity contribution in [1.29, 1.82) is 5.26 Å². The van der Waals surface area contributed by atoms with Gasteiger partial charge in [0.25, 0.3) is 0 Å². The zero-order valence-corrected chi connectivity index (χ0v) is 15.8. The largest absolute Gasteiger partial charge is 0.406 e. The Kier molecular flexibility index (Phi) is 4.61. The van der Waals surface area contributed by atoms with Gasteiger partial charge in [0.15, 0.2) is 5.82 Å². The number of primary amides is 1. The molecular formula is C18H12ClFN4O3S. The van der Waals surface area contributed by atoms with Gasteiger partial charge < -0.3 is 10.5 Å². The van der Waals surface area contributed by atoms with Gasteiger partial charge in [-0.15, -0.1) is 0 Å². The lowest BCUT2D eigenvalue weighted by atomic mass is 10.1. The molecule has 10 heteroatoms. The van der Waals surface area contributed by atoms with Crippen LogP contribution < -0.4 is 15.4 Å². The van der Waals surface area contributed by atoms with E-state index in [1.807, 2.05) is 6.07 Å². The number of ether oxygens (including phenoxy) is 1. The molecule has 28 heavy (non-hydrogen) atoms. The Hall–Kier alpha value is -2.83. The van der Waals surface area contributed by atoms with Crippen LogP contribution in [0.5, 0.6) is 5.88 Å². The molecule has 1 fully saturated rings. The van der Waals surface area contributed by atoms with Crippen LogP contribution in [0.25, 0.3) is 0 Å². The molecule has 1 saturated carbocycles. The average Bonchev–Trinajstić information content (AvgIpc) is 3.43. The molecule has 0 bridgehead atoms. The number of thioether (sulfide) groups is 1. The zero-order valence-electron chi connectivity index (χ0n) is 14.2. The number of benzene rings is 1. The van der Waals surface area contributed by atoms with Crippen LogP contribution in [0.2, 0.25) is 5.02 Å². The number of hydrogen-bond donors (Lipinski definition) is 1. The second-order valence-corrected chi connectivity index (χ2v) is 7.77. The van der Waals surface area contributed by atoms with E-state index < -0.39 is 23.2 Å². The van der Waals surface area contributed by atoms with Crippen LogP contribution in [0, 0.1) is 23.1 Å². The van der Waals surface area contributed by atoms with E-state index in [4.69, 9.17) is 22.1 Å². The average molecular weight is 419 g/mol. The minimum atomic E-state index is -0.940. The number of nitrogens with zero attached hydrogens (tertiary/aromatic N) is 3. The van der Waals surface area contributed by atoms with E-state index in [1.54, 1.807) is 12.1 Å². The predicted octanol–water partition coefficient (Wildman–Crippen LogP) is 3.75. The summed E-state index contributed by atoms with van der Waals surface area (Å²) in [6.07, 6.45) is 2.33. The summed E-state index contributed by atoms with van der Waals surface area (Å²) in [7, 11) is 0. The molecule has 4 rings (SSSR count). The lowest BCUT2D eigenvalue weighted by Gasteiger charge is -2.24. The highest BCUT2D eigenvalue weighted by molar-refractivity contribution is 8.00. The minimum Gasteiger partial charge on any atom is -0.406 e. The van der Waals surface area contributed by atoms with Gasteiger partial charge in [-0.3, -0.25) is 9.69 Å². The zero-order chi connectivity index (χ0) is 20.0. The number of nitriles is 1. The second-order valence-electron chi connectivity index (χ2n) is 6.28. The van der Waals surface area contributed by atoms with Gasteiger partial charge >= 0.3 is 12.0 Å². The third-order valence-electron chi connectivity index (χ3n) is 4.40. The summed E-state index contributed by atoms with van der Waals surface area (Å²) in [6.45, 7) is 0. The number of esters is 1. The first-order valence-corrected chi connectivity index (χ1v) is 9.52. The van der Waals surface area contributed by atoms with Gasteiger partial charge in [0.2, 0.25) is 5.88 Å². The number of hydrogen-bond acceptors (Lipinski definition) is 6. The first-order valence-electron chi connectivity index (χ1n) is 8.26. The predicted molar refractivity (Wildman–Crippen MR) is 99.4 cm³/mol. The summed E-state index contributed by atoms with van der Waals surface area (Å²) < 4.78 is 19.9. The van der Waals surface area contributed by atoms with E-state index in [-0.39, 0.29) is 33.0 Å². The van der Waals surface area contributed by atoms with Gasteiger partial charge in [-0.1, -0.05) is 29.4 Å². The number of pyridine rings is 1. The van der Waals surface area contributed by atoms with Gasteiger partial charge in [0, 0.05) is 10.6 Å². The molecule has 1 aliphatic heterocycles. The van der Waals surface area contributed by atoms with Gasteiger partial charge in [-0.2, -0.15) is 5.26 Å². The molecule has 0 saturated heterocycles. The maximum absolute atomic E-state index is 14.6. The summed E-state index contributed by atoms with van der Waals surface area (Å²) in [5, 5.41) is 8.75. The Morgan fingerprint density at radius 3 is 2.82 bits per heavy atom. The van der Waals surface area contributed by atoms with Crippen LogP contribution in [0.4, 0.5) is 14.9 Å². The fraction of sp³-hybridized carbons (Fsp3) is 0.222. The van der Waals surface area contributed by atoms with E-state index in [0.717, 1.165) is 35.7 Å².